The third-order valence-corrected chi connectivity index (χ3v) is 1.63. The van der Waals surface area contributed by atoms with Crippen LogP contribution in [0.5, 0.6) is 0 Å². The number of nitrogens with zero attached hydrogens (tertiary/aromatic N) is 2. The van der Waals surface area contributed by atoms with E-state index in [1.54, 1.807) is 0 Å². The summed E-state index contributed by atoms with van der Waals surface area (Å²) < 4.78 is 4.96. The van der Waals surface area contributed by atoms with E-state index in [1.165, 1.54) is 0 Å². The SMILES string of the molecule is CN(C)C(COP)N(C)C. The molecule has 0 aromatic rings. The fourth-order valence-electron chi connectivity index (χ4n) is 0.846. The van der Waals surface area contributed by atoms with Crippen molar-refractivity contribution in [2.24, 2.45) is 0 Å². The summed E-state index contributed by atoms with van der Waals surface area (Å²) in [7, 11) is 10.4. The van der Waals surface area contributed by atoms with E-state index in [0.717, 1.165) is 0 Å². The third-order valence-electron chi connectivity index (χ3n) is 1.44. The highest BCUT2D eigenvalue weighted by atomic mass is 31.0. The minimum absolute atomic E-state index is 0.359. The van der Waals surface area contributed by atoms with Gasteiger partial charge in [-0.25, -0.2) is 0 Å². The van der Waals surface area contributed by atoms with Crippen molar-refractivity contribution in [3.8, 4) is 0 Å². The molecule has 0 rings (SSSR count). The van der Waals surface area contributed by atoms with Gasteiger partial charge < -0.3 is 4.52 Å². The highest BCUT2D eigenvalue weighted by Gasteiger charge is 2.11. The molecule has 0 aliphatic carbocycles. The van der Waals surface area contributed by atoms with Gasteiger partial charge in [0.2, 0.25) is 0 Å². The van der Waals surface area contributed by atoms with E-state index in [-0.39, 0.29) is 0 Å². The predicted molar refractivity (Wildman–Crippen MR) is 46.8 cm³/mol. The van der Waals surface area contributed by atoms with Gasteiger partial charge in [0, 0.05) is 9.47 Å². The molecule has 0 saturated carbocycles. The van der Waals surface area contributed by atoms with Crippen LogP contribution in [-0.2, 0) is 4.52 Å². The zero-order valence-corrected chi connectivity index (χ0v) is 8.32. The molecular weight excluding hydrogens is 147 g/mol. The Morgan fingerprint density at radius 2 is 1.60 bits per heavy atom. The fraction of sp³-hybridized carbons (Fsp3) is 1.00. The first-order valence-electron chi connectivity index (χ1n) is 3.24. The lowest BCUT2D eigenvalue weighted by Crippen LogP contribution is -2.43. The standard InChI is InChI=1S/C6H17N2OP/c1-7(2)6(5-9-10)8(3)4/h6H,5,10H2,1-4H3. The molecule has 0 aliphatic heterocycles. The molecule has 0 spiro atoms. The smallest absolute Gasteiger partial charge is 0.0857 e. The number of likely N-dealkylation sites (N-methyl/N-ethyl adjacent to an activating group) is 2. The summed E-state index contributed by atoms with van der Waals surface area (Å²) in [5.74, 6) is 0. The summed E-state index contributed by atoms with van der Waals surface area (Å²) in [4.78, 5) is 4.23. The van der Waals surface area contributed by atoms with Gasteiger partial charge in [-0.3, -0.25) is 9.80 Å². The van der Waals surface area contributed by atoms with Gasteiger partial charge in [-0.1, -0.05) is 0 Å². The molecular formula is C6H17N2OP. The average molecular weight is 164 g/mol. The molecule has 0 amide bonds. The lowest BCUT2D eigenvalue weighted by atomic mass is 10.4. The molecule has 1 unspecified atom stereocenters. The van der Waals surface area contributed by atoms with Crippen LogP contribution in [0.1, 0.15) is 0 Å². The van der Waals surface area contributed by atoms with Crippen molar-refractivity contribution in [3.05, 3.63) is 0 Å². The van der Waals surface area contributed by atoms with Gasteiger partial charge in [-0.05, 0) is 28.2 Å². The summed E-state index contributed by atoms with van der Waals surface area (Å²) in [5, 5.41) is 0. The van der Waals surface area contributed by atoms with Crippen LogP contribution in [-0.4, -0.2) is 50.8 Å². The van der Waals surface area contributed by atoms with E-state index in [9.17, 15) is 0 Å². The first-order valence-corrected chi connectivity index (χ1v) is 3.71. The highest BCUT2D eigenvalue weighted by molar-refractivity contribution is 7.09. The van der Waals surface area contributed by atoms with E-state index < -0.39 is 0 Å². The van der Waals surface area contributed by atoms with Crippen LogP contribution in [0.4, 0.5) is 0 Å². The van der Waals surface area contributed by atoms with Crippen molar-refractivity contribution in [2.45, 2.75) is 6.17 Å². The Hall–Kier alpha value is 0.310. The van der Waals surface area contributed by atoms with Crippen molar-refractivity contribution in [3.63, 3.8) is 0 Å². The molecule has 3 nitrogen and oxygen atoms in total. The predicted octanol–water partition coefficient (Wildman–Crippen LogP) is 0.242. The third kappa shape index (κ3) is 3.47. The Morgan fingerprint density at radius 3 is 1.70 bits per heavy atom. The first-order chi connectivity index (χ1) is 4.59. The minimum atomic E-state index is 0.359. The molecule has 0 aromatic carbocycles. The zero-order chi connectivity index (χ0) is 8.15. The maximum atomic E-state index is 4.96. The van der Waals surface area contributed by atoms with E-state index in [2.05, 4.69) is 19.3 Å². The topological polar surface area (TPSA) is 15.7 Å². The Kier molecular flexibility index (Phi) is 5.18. The molecule has 4 heteroatoms. The molecule has 10 heavy (non-hydrogen) atoms. The van der Waals surface area contributed by atoms with Gasteiger partial charge in [-0.2, -0.15) is 0 Å². The molecule has 0 fully saturated rings. The van der Waals surface area contributed by atoms with Crippen LogP contribution in [0.25, 0.3) is 0 Å². The molecule has 0 aliphatic rings. The Morgan fingerprint density at radius 1 is 1.20 bits per heavy atom. The van der Waals surface area contributed by atoms with Gasteiger partial charge in [0.1, 0.15) is 0 Å². The van der Waals surface area contributed by atoms with E-state index >= 15 is 0 Å². The van der Waals surface area contributed by atoms with Crippen LogP contribution in [0, 0.1) is 0 Å². The van der Waals surface area contributed by atoms with Gasteiger partial charge in [-0.15, -0.1) is 0 Å². The maximum Gasteiger partial charge on any atom is 0.0857 e. The Bertz CT molecular complexity index is 79.8. The van der Waals surface area contributed by atoms with Crippen LogP contribution >= 0.6 is 9.47 Å². The first kappa shape index (κ1) is 10.3. The van der Waals surface area contributed by atoms with E-state index in [0.29, 0.717) is 12.8 Å². The number of rotatable bonds is 4. The maximum absolute atomic E-state index is 4.96. The van der Waals surface area contributed by atoms with Crippen LogP contribution in [0.2, 0.25) is 0 Å². The Balaban J connectivity index is 3.73. The van der Waals surface area contributed by atoms with Gasteiger partial charge in [0.25, 0.3) is 0 Å². The summed E-state index contributed by atoms with van der Waals surface area (Å²) in [6.07, 6.45) is 0.359. The monoisotopic (exact) mass is 164 g/mol. The molecule has 0 aromatic heterocycles. The summed E-state index contributed by atoms with van der Waals surface area (Å²) in [6, 6.07) is 0. The van der Waals surface area contributed by atoms with Crippen molar-refractivity contribution >= 4 is 9.47 Å². The quantitative estimate of drug-likeness (QED) is 0.437. The van der Waals surface area contributed by atoms with Crippen LogP contribution in [0.15, 0.2) is 0 Å². The zero-order valence-electron chi connectivity index (χ0n) is 7.16. The van der Waals surface area contributed by atoms with Gasteiger partial charge in [0.05, 0.1) is 12.8 Å². The van der Waals surface area contributed by atoms with Crippen LogP contribution < -0.4 is 0 Å². The van der Waals surface area contributed by atoms with Gasteiger partial charge >= 0.3 is 0 Å². The second-order valence-corrected chi connectivity index (χ2v) is 3.07. The molecule has 0 radical (unpaired) electrons. The summed E-state index contributed by atoms with van der Waals surface area (Å²) in [5.41, 5.74) is 0. The molecule has 0 bridgehead atoms. The average Bonchev–Trinajstić information content (AvgIpc) is 1.81. The van der Waals surface area contributed by atoms with E-state index in [1.807, 2.05) is 28.2 Å². The summed E-state index contributed by atoms with van der Waals surface area (Å²) in [6.45, 7) is 0.713. The lowest BCUT2D eigenvalue weighted by Gasteiger charge is -2.29. The fourth-order valence-corrected chi connectivity index (χ4v) is 1.02. The van der Waals surface area contributed by atoms with Gasteiger partial charge in [0.15, 0.2) is 0 Å². The van der Waals surface area contributed by atoms with Crippen molar-refractivity contribution in [1.29, 1.82) is 0 Å². The molecule has 62 valence electrons. The lowest BCUT2D eigenvalue weighted by molar-refractivity contribution is 0.0832. The normalized spacial score (nSPS) is 12.0. The Labute approximate surface area is 65.6 Å². The van der Waals surface area contributed by atoms with Crippen LogP contribution in [0.3, 0.4) is 0 Å². The molecule has 0 N–H and O–H groups in total. The van der Waals surface area contributed by atoms with Crippen molar-refractivity contribution < 1.29 is 4.52 Å². The van der Waals surface area contributed by atoms with Crippen molar-refractivity contribution in [2.75, 3.05) is 34.8 Å². The number of hydrogen-bond donors (Lipinski definition) is 0. The highest BCUT2D eigenvalue weighted by Crippen LogP contribution is 1.99. The molecule has 1 atom stereocenters. The number of hydrogen-bond acceptors (Lipinski definition) is 3. The second kappa shape index (κ2) is 5.03. The van der Waals surface area contributed by atoms with Crippen molar-refractivity contribution in [1.82, 2.24) is 9.80 Å². The molecule has 0 saturated heterocycles. The molecule has 0 heterocycles. The van der Waals surface area contributed by atoms with E-state index in [4.69, 9.17) is 4.52 Å². The summed E-state index contributed by atoms with van der Waals surface area (Å²) >= 11 is 0. The largest absolute Gasteiger partial charge is 0.363 e. The second-order valence-electron chi connectivity index (χ2n) is 2.74. The minimum Gasteiger partial charge on any atom is -0.363 e.